The second-order valence-corrected chi connectivity index (χ2v) is 12.4. The molecule has 4 aliphatic rings. The van der Waals surface area contributed by atoms with Crippen molar-refractivity contribution in [2.45, 2.75) is 30.3 Å². The lowest BCUT2D eigenvalue weighted by atomic mass is 9.71. The Morgan fingerprint density at radius 3 is 2.70 bits per heavy atom. The zero-order valence-electron chi connectivity index (χ0n) is 22.3. The van der Waals surface area contributed by atoms with Crippen molar-refractivity contribution in [1.82, 2.24) is 15.2 Å². The fraction of sp³-hybridized carbons (Fsp3) is 0.355. The molecule has 3 aromatic carbocycles. The molecule has 3 N–H and O–H groups in total. The fourth-order valence-electron chi connectivity index (χ4n) is 7.66. The molecular formula is C31H29ClFN5O2. The molecule has 1 aromatic heterocycles. The highest BCUT2D eigenvalue weighted by molar-refractivity contribution is 6.35. The number of phenolic OH excluding ortho intramolecular Hbond substituents is 1. The van der Waals surface area contributed by atoms with Gasteiger partial charge in [0.05, 0.1) is 16.1 Å². The molecule has 3 aliphatic heterocycles. The van der Waals surface area contributed by atoms with E-state index in [1.165, 1.54) is 0 Å². The van der Waals surface area contributed by atoms with E-state index in [-0.39, 0.29) is 39.7 Å². The highest BCUT2D eigenvalue weighted by Gasteiger charge is 2.61. The quantitative estimate of drug-likeness (QED) is 0.333. The number of amides is 1. The molecule has 8 rings (SSSR count). The van der Waals surface area contributed by atoms with Crippen molar-refractivity contribution in [2.24, 2.45) is 5.92 Å². The third-order valence-corrected chi connectivity index (χ3v) is 10.0. The summed E-state index contributed by atoms with van der Waals surface area (Å²) in [7, 11) is 4.10. The number of benzene rings is 3. The predicted octanol–water partition coefficient (Wildman–Crippen LogP) is 4.88. The van der Waals surface area contributed by atoms with Crippen molar-refractivity contribution in [3.63, 3.8) is 0 Å². The Bertz CT molecular complexity index is 1770. The Balaban J connectivity index is 1.42. The number of pyridine rings is 1. The number of likely N-dealkylation sites (N-methyl/N-ethyl adjacent to an activating group) is 1. The van der Waals surface area contributed by atoms with Crippen LogP contribution in [-0.4, -0.2) is 66.7 Å². The Morgan fingerprint density at radius 1 is 1.18 bits per heavy atom. The molecule has 2 saturated heterocycles. The molecule has 9 heteroatoms. The van der Waals surface area contributed by atoms with Crippen molar-refractivity contribution < 1.29 is 14.3 Å². The molecule has 4 aromatic rings. The average Bonchev–Trinajstić information content (AvgIpc) is 3.57. The first-order valence-electron chi connectivity index (χ1n) is 13.8. The first-order valence-corrected chi connectivity index (χ1v) is 14.2. The Morgan fingerprint density at radius 2 is 1.98 bits per heavy atom. The number of aromatic hydroxyl groups is 1. The summed E-state index contributed by atoms with van der Waals surface area (Å²) in [5, 5.41) is 19.6. The summed E-state index contributed by atoms with van der Waals surface area (Å²) in [6.07, 6.45) is 1.59. The second-order valence-electron chi connectivity index (χ2n) is 12.0. The van der Waals surface area contributed by atoms with E-state index in [0.29, 0.717) is 34.9 Å². The SMILES string of the molecule is CN(C)C1CN(c2nc3c(F)c(-c4cc(O)cc5ccccc45)c(Cl)cc3c3c2NC(=O)C32CC3CC2CN3)C1. The molecule has 1 aliphatic carbocycles. The number of hydrogen-bond donors (Lipinski definition) is 3. The number of carbonyl (C=O) groups excluding carboxylic acids is 1. The van der Waals surface area contributed by atoms with Gasteiger partial charge in [-0.05, 0) is 73.9 Å². The third kappa shape index (κ3) is 3.12. The van der Waals surface area contributed by atoms with Crippen molar-refractivity contribution in [1.29, 1.82) is 0 Å². The molecule has 1 amide bonds. The van der Waals surface area contributed by atoms with Crippen LogP contribution in [0.2, 0.25) is 5.02 Å². The number of hydrogen-bond acceptors (Lipinski definition) is 6. The number of rotatable bonds is 3. The zero-order chi connectivity index (χ0) is 27.5. The van der Waals surface area contributed by atoms with E-state index in [0.717, 1.165) is 42.4 Å². The number of carbonyl (C=O) groups is 1. The minimum Gasteiger partial charge on any atom is -0.508 e. The van der Waals surface area contributed by atoms with Crippen LogP contribution in [0.1, 0.15) is 18.4 Å². The highest BCUT2D eigenvalue weighted by atomic mass is 35.5. The topological polar surface area (TPSA) is 80.7 Å². The van der Waals surface area contributed by atoms with Gasteiger partial charge in [-0.25, -0.2) is 9.37 Å². The van der Waals surface area contributed by atoms with E-state index >= 15 is 4.39 Å². The summed E-state index contributed by atoms with van der Waals surface area (Å²) in [6.45, 7) is 2.24. The first kappa shape index (κ1) is 24.3. The molecular weight excluding hydrogens is 529 g/mol. The van der Waals surface area contributed by atoms with Crippen molar-refractivity contribution in [3.8, 4) is 16.9 Å². The van der Waals surface area contributed by atoms with Gasteiger partial charge in [-0.1, -0.05) is 35.9 Å². The van der Waals surface area contributed by atoms with Crippen LogP contribution in [0.4, 0.5) is 15.9 Å². The molecule has 3 atom stereocenters. The van der Waals surface area contributed by atoms with Crippen LogP contribution in [0.25, 0.3) is 32.8 Å². The molecule has 7 nitrogen and oxygen atoms in total. The van der Waals surface area contributed by atoms with Crippen LogP contribution in [0.3, 0.4) is 0 Å². The van der Waals surface area contributed by atoms with E-state index < -0.39 is 11.2 Å². The molecule has 4 heterocycles. The maximum Gasteiger partial charge on any atom is 0.235 e. The van der Waals surface area contributed by atoms with Gasteiger partial charge in [0, 0.05) is 41.7 Å². The van der Waals surface area contributed by atoms with E-state index in [9.17, 15) is 9.90 Å². The van der Waals surface area contributed by atoms with Crippen LogP contribution in [0, 0.1) is 11.7 Å². The number of anilines is 2. The number of fused-ring (bicyclic) bond motifs is 8. The summed E-state index contributed by atoms with van der Waals surface area (Å²) < 4.78 is 16.9. The van der Waals surface area contributed by atoms with Gasteiger partial charge < -0.3 is 25.5 Å². The lowest BCUT2D eigenvalue weighted by Crippen LogP contribution is -2.57. The molecule has 3 fully saturated rings. The summed E-state index contributed by atoms with van der Waals surface area (Å²) in [5.41, 5.74) is 1.73. The van der Waals surface area contributed by atoms with Crippen LogP contribution in [0.15, 0.2) is 42.5 Å². The van der Waals surface area contributed by atoms with E-state index in [2.05, 4.69) is 20.4 Å². The van der Waals surface area contributed by atoms with Crippen LogP contribution >= 0.6 is 11.6 Å². The Kier molecular flexibility index (Phi) is 5.04. The Labute approximate surface area is 235 Å². The van der Waals surface area contributed by atoms with Crippen molar-refractivity contribution in [2.75, 3.05) is 43.9 Å². The van der Waals surface area contributed by atoms with Crippen molar-refractivity contribution >= 4 is 50.7 Å². The van der Waals surface area contributed by atoms with Crippen LogP contribution in [0.5, 0.6) is 5.75 Å². The van der Waals surface area contributed by atoms with Gasteiger partial charge in [-0.3, -0.25) is 4.79 Å². The van der Waals surface area contributed by atoms with Gasteiger partial charge >= 0.3 is 0 Å². The number of piperidine rings is 1. The van der Waals surface area contributed by atoms with Gasteiger partial charge in [0.1, 0.15) is 11.3 Å². The summed E-state index contributed by atoms with van der Waals surface area (Å²) in [6, 6.07) is 13.1. The van der Waals surface area contributed by atoms with E-state index in [4.69, 9.17) is 16.6 Å². The summed E-state index contributed by atoms with van der Waals surface area (Å²) in [5.74, 6) is 0.221. The van der Waals surface area contributed by atoms with Gasteiger partial charge in [0.25, 0.3) is 0 Å². The third-order valence-electron chi connectivity index (χ3n) is 9.74. The van der Waals surface area contributed by atoms with E-state index in [1.807, 2.05) is 38.4 Å². The molecule has 0 radical (unpaired) electrons. The van der Waals surface area contributed by atoms with Gasteiger partial charge in [-0.15, -0.1) is 0 Å². The molecule has 2 bridgehead atoms. The monoisotopic (exact) mass is 557 g/mol. The number of nitrogens with one attached hydrogen (secondary N) is 2. The highest BCUT2D eigenvalue weighted by Crippen LogP contribution is 2.59. The number of halogens is 2. The maximum absolute atomic E-state index is 16.9. The lowest BCUT2D eigenvalue weighted by Gasteiger charge is -2.44. The van der Waals surface area contributed by atoms with Gasteiger partial charge in [0.15, 0.2) is 11.6 Å². The predicted molar refractivity (Wildman–Crippen MR) is 156 cm³/mol. The standard InChI is InChI=1S/C31H29ClFN5O2/c1-37(2)18-13-38(14-18)29-28-25(31(30(40)36-28)11-17-8-16(31)12-34-17)22-10-23(32)24(26(33)27(22)35-29)21-9-19(39)7-15-5-3-4-6-20(15)21/h3-7,9-10,16-18,34,39H,8,11-14H2,1-2H3,(H,36,40). The minimum absolute atomic E-state index is 0.0173. The fourth-order valence-corrected chi connectivity index (χ4v) is 7.95. The normalized spacial score (nSPS) is 25.4. The summed E-state index contributed by atoms with van der Waals surface area (Å²) >= 11 is 6.92. The van der Waals surface area contributed by atoms with Gasteiger partial charge in [0.2, 0.25) is 5.91 Å². The molecule has 1 saturated carbocycles. The average molecular weight is 558 g/mol. The second kappa shape index (κ2) is 8.28. The minimum atomic E-state index is -0.734. The maximum atomic E-state index is 16.9. The van der Waals surface area contributed by atoms with Gasteiger partial charge in [-0.2, -0.15) is 0 Å². The molecule has 40 heavy (non-hydrogen) atoms. The number of nitrogens with zero attached hydrogens (tertiary/aromatic N) is 3. The number of aromatic nitrogens is 1. The first-order chi connectivity index (χ1) is 19.3. The summed E-state index contributed by atoms with van der Waals surface area (Å²) in [4.78, 5) is 23.1. The zero-order valence-corrected chi connectivity index (χ0v) is 23.0. The van der Waals surface area contributed by atoms with Crippen molar-refractivity contribution in [3.05, 3.63) is 58.9 Å². The lowest BCUT2D eigenvalue weighted by molar-refractivity contribution is -0.122. The molecule has 204 valence electrons. The van der Waals surface area contributed by atoms with Crippen LogP contribution in [-0.2, 0) is 10.2 Å². The number of phenols is 1. The Hall–Kier alpha value is -3.46. The molecule has 1 spiro atoms. The van der Waals surface area contributed by atoms with E-state index in [1.54, 1.807) is 18.2 Å². The van der Waals surface area contributed by atoms with Crippen LogP contribution < -0.4 is 15.5 Å². The molecule has 3 unspecified atom stereocenters. The largest absolute Gasteiger partial charge is 0.508 e. The smallest absolute Gasteiger partial charge is 0.235 e.